The maximum atomic E-state index is 11.0. The zero-order valence-electron chi connectivity index (χ0n) is 8.14. The molecule has 76 valence electrons. The summed E-state index contributed by atoms with van der Waals surface area (Å²) in [6.45, 7) is 0. The van der Waals surface area contributed by atoms with Crippen molar-refractivity contribution in [3.63, 3.8) is 0 Å². The van der Waals surface area contributed by atoms with Crippen molar-refractivity contribution in [2.75, 3.05) is 7.05 Å². The van der Waals surface area contributed by atoms with Gasteiger partial charge in [-0.05, 0) is 12.8 Å². The van der Waals surface area contributed by atoms with Crippen LogP contribution in [0, 0.1) is 0 Å². The molecular weight excluding hydrogens is 168 g/mol. The van der Waals surface area contributed by atoms with Crippen LogP contribution in [-0.2, 0) is 4.84 Å². The van der Waals surface area contributed by atoms with Crippen LogP contribution in [0.15, 0.2) is 0 Å². The van der Waals surface area contributed by atoms with E-state index < -0.39 is 0 Å². The molecular formula is C9H18N2O2. The fraction of sp³-hybridized carbons (Fsp3) is 0.889. The van der Waals surface area contributed by atoms with Gasteiger partial charge in [0, 0.05) is 13.1 Å². The molecule has 0 radical (unpaired) electrons. The summed E-state index contributed by atoms with van der Waals surface area (Å²) in [5.74, 6) is 0. The largest absolute Gasteiger partial charge is 0.426 e. The molecule has 1 rings (SSSR count). The van der Waals surface area contributed by atoms with Crippen LogP contribution in [-0.4, -0.2) is 19.2 Å². The monoisotopic (exact) mass is 186 g/mol. The van der Waals surface area contributed by atoms with Gasteiger partial charge in [-0.3, -0.25) is 0 Å². The van der Waals surface area contributed by atoms with Crippen LogP contribution < -0.4 is 10.8 Å². The van der Waals surface area contributed by atoms with Gasteiger partial charge in [-0.2, -0.15) is 5.48 Å². The Balaban J connectivity index is 2.21. The normalized spacial score (nSPS) is 19.2. The van der Waals surface area contributed by atoms with Gasteiger partial charge in [0.2, 0.25) is 0 Å². The molecule has 0 spiro atoms. The van der Waals surface area contributed by atoms with Gasteiger partial charge in [-0.15, -0.1) is 0 Å². The Labute approximate surface area is 79.0 Å². The Morgan fingerprint density at radius 1 is 1.23 bits per heavy atom. The van der Waals surface area contributed by atoms with Gasteiger partial charge in [0.25, 0.3) is 0 Å². The molecule has 0 bridgehead atoms. The first-order valence-electron chi connectivity index (χ1n) is 4.97. The molecule has 0 heterocycles. The van der Waals surface area contributed by atoms with Crippen LogP contribution >= 0.6 is 0 Å². The quantitative estimate of drug-likeness (QED) is 0.508. The van der Waals surface area contributed by atoms with E-state index in [4.69, 9.17) is 0 Å². The van der Waals surface area contributed by atoms with Gasteiger partial charge in [0.15, 0.2) is 0 Å². The summed E-state index contributed by atoms with van der Waals surface area (Å²) in [6.07, 6.45) is 6.81. The van der Waals surface area contributed by atoms with E-state index in [1.807, 2.05) is 0 Å². The predicted molar refractivity (Wildman–Crippen MR) is 50.2 cm³/mol. The molecule has 1 aliphatic carbocycles. The summed E-state index contributed by atoms with van der Waals surface area (Å²) in [5, 5.41) is 2.84. The molecule has 1 fully saturated rings. The Morgan fingerprint density at radius 2 is 1.85 bits per heavy atom. The fourth-order valence-electron chi connectivity index (χ4n) is 1.71. The lowest BCUT2D eigenvalue weighted by atomic mass is 10.1. The van der Waals surface area contributed by atoms with Crippen LogP contribution in [0.3, 0.4) is 0 Å². The molecule has 4 nitrogen and oxygen atoms in total. The molecule has 0 atom stereocenters. The van der Waals surface area contributed by atoms with Gasteiger partial charge < -0.3 is 10.2 Å². The maximum Gasteiger partial charge on any atom is 0.426 e. The maximum absolute atomic E-state index is 11.0. The molecule has 0 aromatic rings. The number of nitrogens with one attached hydrogen (secondary N) is 2. The molecule has 0 aromatic heterocycles. The Hall–Kier alpha value is -0.770. The minimum atomic E-state index is -0.366. The first kappa shape index (κ1) is 10.3. The standard InChI is InChI=1S/C9H18N2O2/c1-10-13-9(12)11-8-6-4-2-3-5-7-8/h8,10H,2-7H2,1H3,(H,11,12). The van der Waals surface area contributed by atoms with Crippen molar-refractivity contribution < 1.29 is 9.63 Å². The molecule has 1 aliphatic rings. The van der Waals surface area contributed by atoms with Crippen molar-refractivity contribution in [3.8, 4) is 0 Å². The highest BCUT2D eigenvalue weighted by Crippen LogP contribution is 2.16. The molecule has 4 heteroatoms. The van der Waals surface area contributed by atoms with E-state index in [0.29, 0.717) is 6.04 Å². The molecule has 13 heavy (non-hydrogen) atoms. The van der Waals surface area contributed by atoms with Crippen LogP contribution in [0.25, 0.3) is 0 Å². The van der Waals surface area contributed by atoms with Crippen molar-refractivity contribution in [1.82, 2.24) is 10.8 Å². The molecule has 0 aliphatic heterocycles. The summed E-state index contributed by atoms with van der Waals surface area (Å²) in [6, 6.07) is 0.309. The summed E-state index contributed by atoms with van der Waals surface area (Å²) in [4.78, 5) is 15.6. The number of rotatable bonds is 2. The van der Waals surface area contributed by atoms with E-state index in [-0.39, 0.29) is 6.09 Å². The van der Waals surface area contributed by atoms with E-state index >= 15 is 0 Å². The summed E-state index contributed by atoms with van der Waals surface area (Å²) >= 11 is 0. The van der Waals surface area contributed by atoms with Gasteiger partial charge in [-0.1, -0.05) is 25.7 Å². The van der Waals surface area contributed by atoms with E-state index in [9.17, 15) is 4.79 Å². The smallest absolute Gasteiger partial charge is 0.354 e. The highest BCUT2D eigenvalue weighted by Gasteiger charge is 2.14. The lowest BCUT2D eigenvalue weighted by Gasteiger charge is -2.14. The van der Waals surface area contributed by atoms with Gasteiger partial charge in [-0.25, -0.2) is 4.79 Å². The first-order chi connectivity index (χ1) is 6.33. The second-order valence-corrected chi connectivity index (χ2v) is 3.43. The predicted octanol–water partition coefficient (Wildman–Crippen LogP) is 1.57. The summed E-state index contributed by atoms with van der Waals surface area (Å²) < 4.78 is 0. The first-order valence-corrected chi connectivity index (χ1v) is 4.97. The number of carbonyl (C=O) groups excluding carboxylic acids is 1. The van der Waals surface area contributed by atoms with Crippen molar-refractivity contribution >= 4 is 6.09 Å². The third-order valence-electron chi connectivity index (χ3n) is 2.37. The summed E-state index contributed by atoms with van der Waals surface area (Å²) in [5.41, 5.74) is 2.36. The Bertz CT molecular complexity index is 154. The van der Waals surface area contributed by atoms with E-state index in [2.05, 4.69) is 15.6 Å². The minimum absolute atomic E-state index is 0.309. The lowest BCUT2D eigenvalue weighted by Crippen LogP contribution is -2.36. The number of amides is 1. The number of hydrogen-bond donors (Lipinski definition) is 2. The topological polar surface area (TPSA) is 50.4 Å². The third kappa shape index (κ3) is 4.12. The van der Waals surface area contributed by atoms with E-state index in [1.165, 1.54) is 25.7 Å². The number of hydroxylamine groups is 1. The van der Waals surface area contributed by atoms with Crippen LogP contribution in [0.2, 0.25) is 0 Å². The second kappa shape index (κ2) is 5.80. The molecule has 0 unspecified atom stereocenters. The SMILES string of the molecule is CNOC(=O)NC1CCCCCC1. The Morgan fingerprint density at radius 3 is 2.38 bits per heavy atom. The molecule has 1 saturated carbocycles. The minimum Gasteiger partial charge on any atom is -0.354 e. The van der Waals surface area contributed by atoms with Crippen molar-refractivity contribution in [3.05, 3.63) is 0 Å². The second-order valence-electron chi connectivity index (χ2n) is 3.43. The fourth-order valence-corrected chi connectivity index (χ4v) is 1.71. The Kier molecular flexibility index (Phi) is 4.60. The van der Waals surface area contributed by atoms with Crippen LogP contribution in [0.1, 0.15) is 38.5 Å². The highest BCUT2D eigenvalue weighted by molar-refractivity contribution is 5.67. The molecule has 0 saturated heterocycles. The molecule has 2 N–H and O–H groups in total. The number of hydrogen-bond acceptors (Lipinski definition) is 3. The highest BCUT2D eigenvalue weighted by atomic mass is 16.7. The zero-order chi connectivity index (χ0) is 9.52. The zero-order valence-corrected chi connectivity index (χ0v) is 8.14. The van der Waals surface area contributed by atoms with E-state index in [0.717, 1.165) is 12.8 Å². The van der Waals surface area contributed by atoms with Gasteiger partial charge >= 0.3 is 6.09 Å². The third-order valence-corrected chi connectivity index (χ3v) is 2.37. The van der Waals surface area contributed by atoms with Gasteiger partial charge in [0.1, 0.15) is 0 Å². The molecule has 1 amide bonds. The van der Waals surface area contributed by atoms with Gasteiger partial charge in [0.05, 0.1) is 0 Å². The average molecular weight is 186 g/mol. The van der Waals surface area contributed by atoms with E-state index in [1.54, 1.807) is 7.05 Å². The van der Waals surface area contributed by atoms with Crippen molar-refractivity contribution in [2.45, 2.75) is 44.6 Å². The van der Waals surface area contributed by atoms with Crippen LogP contribution in [0.4, 0.5) is 4.79 Å². The number of carbonyl (C=O) groups is 1. The average Bonchev–Trinajstić information content (AvgIpc) is 2.33. The molecule has 0 aromatic carbocycles. The van der Waals surface area contributed by atoms with Crippen molar-refractivity contribution in [1.29, 1.82) is 0 Å². The summed E-state index contributed by atoms with van der Waals surface area (Å²) in [7, 11) is 1.58. The lowest BCUT2D eigenvalue weighted by molar-refractivity contribution is 0.0984. The van der Waals surface area contributed by atoms with Crippen molar-refractivity contribution in [2.24, 2.45) is 0 Å². The van der Waals surface area contributed by atoms with Crippen LogP contribution in [0.5, 0.6) is 0 Å².